The fraction of sp³-hybridized carbons (Fsp3) is 0.350. The maximum atomic E-state index is 11.7. The Morgan fingerprint density at radius 2 is 1.30 bits per heavy atom. The van der Waals surface area contributed by atoms with Crippen LogP contribution in [0.3, 0.4) is 0 Å². The van der Waals surface area contributed by atoms with Crippen LogP contribution in [-0.2, 0) is 10.2 Å². The molecule has 0 aliphatic rings. The van der Waals surface area contributed by atoms with E-state index in [1.54, 1.807) is 32.9 Å². The number of hydrogen-bond acceptors (Lipinski definition) is 3. The summed E-state index contributed by atoms with van der Waals surface area (Å²) in [7, 11) is 0. The van der Waals surface area contributed by atoms with Crippen molar-refractivity contribution in [1.29, 1.82) is 0 Å². The third kappa shape index (κ3) is 4.59. The fourth-order valence-electron chi connectivity index (χ4n) is 2.33. The topological polar surface area (TPSA) is 35.5 Å². The highest BCUT2D eigenvalue weighted by atomic mass is 16.7. The van der Waals surface area contributed by atoms with Crippen molar-refractivity contribution in [2.75, 3.05) is 0 Å². The molecule has 2 rings (SSSR count). The van der Waals surface area contributed by atoms with Gasteiger partial charge in [-0.3, -0.25) is 0 Å². The quantitative estimate of drug-likeness (QED) is 0.568. The summed E-state index contributed by atoms with van der Waals surface area (Å²) >= 11 is 0. The summed E-state index contributed by atoms with van der Waals surface area (Å²) < 4.78 is 10.3. The summed E-state index contributed by atoms with van der Waals surface area (Å²) in [6, 6.07) is 17.9. The molecule has 0 saturated heterocycles. The molecule has 23 heavy (non-hydrogen) atoms. The van der Waals surface area contributed by atoms with Crippen LogP contribution in [0.5, 0.6) is 5.75 Å². The number of ether oxygens (including phenoxy) is 2. The Labute approximate surface area is 138 Å². The molecule has 2 aromatic carbocycles. The molecular weight excluding hydrogens is 288 g/mol. The van der Waals surface area contributed by atoms with E-state index in [4.69, 9.17) is 9.47 Å². The van der Waals surface area contributed by atoms with Crippen LogP contribution < -0.4 is 4.74 Å². The predicted octanol–water partition coefficient (Wildman–Crippen LogP) is 5.33. The van der Waals surface area contributed by atoms with Crippen molar-refractivity contribution in [2.45, 2.75) is 45.6 Å². The van der Waals surface area contributed by atoms with Crippen molar-refractivity contribution in [1.82, 2.24) is 0 Å². The highest BCUT2D eigenvalue weighted by molar-refractivity contribution is 5.64. The molecule has 0 fully saturated rings. The summed E-state index contributed by atoms with van der Waals surface area (Å²) in [6.07, 6.45) is -0.687. The Kier molecular flexibility index (Phi) is 4.79. The molecule has 3 heteroatoms. The lowest BCUT2D eigenvalue weighted by Crippen LogP contribution is -2.26. The summed E-state index contributed by atoms with van der Waals surface area (Å²) in [5.41, 5.74) is 1.71. The van der Waals surface area contributed by atoms with E-state index in [2.05, 4.69) is 26.0 Å². The van der Waals surface area contributed by atoms with Crippen LogP contribution in [0.15, 0.2) is 54.6 Å². The zero-order valence-electron chi connectivity index (χ0n) is 14.4. The highest BCUT2D eigenvalue weighted by Crippen LogP contribution is 2.32. The van der Waals surface area contributed by atoms with Gasteiger partial charge in [0, 0.05) is 5.41 Å². The van der Waals surface area contributed by atoms with Gasteiger partial charge in [-0.2, -0.15) is 0 Å². The number of carbonyl (C=O) groups is 1. The van der Waals surface area contributed by atoms with Crippen molar-refractivity contribution >= 4 is 6.16 Å². The van der Waals surface area contributed by atoms with Crippen LogP contribution in [0.25, 0.3) is 0 Å². The molecule has 0 saturated carbocycles. The lowest BCUT2D eigenvalue weighted by atomic mass is 9.78. The normalized spacial score (nSPS) is 11.9. The van der Waals surface area contributed by atoms with Crippen molar-refractivity contribution < 1.29 is 14.3 Å². The van der Waals surface area contributed by atoms with E-state index < -0.39 is 11.8 Å². The van der Waals surface area contributed by atoms with E-state index in [-0.39, 0.29) is 5.41 Å². The van der Waals surface area contributed by atoms with E-state index in [0.717, 1.165) is 5.56 Å². The number of rotatable bonds is 3. The molecule has 0 N–H and O–H groups in total. The average molecular weight is 312 g/mol. The summed E-state index contributed by atoms with van der Waals surface area (Å²) in [6.45, 7) is 9.76. The Bertz CT molecular complexity index is 650. The molecule has 0 unspecified atom stereocenters. The molecule has 0 heterocycles. The molecule has 0 aliphatic carbocycles. The van der Waals surface area contributed by atoms with Gasteiger partial charge in [0.15, 0.2) is 0 Å². The summed E-state index contributed by atoms with van der Waals surface area (Å²) in [4.78, 5) is 11.7. The summed E-state index contributed by atoms with van der Waals surface area (Å²) in [5.74, 6) is 0.479. The van der Waals surface area contributed by atoms with Gasteiger partial charge in [0.05, 0.1) is 0 Å². The Morgan fingerprint density at radius 1 is 0.783 bits per heavy atom. The molecule has 0 amide bonds. The van der Waals surface area contributed by atoms with Gasteiger partial charge in [-0.1, -0.05) is 56.3 Å². The van der Waals surface area contributed by atoms with E-state index >= 15 is 0 Å². The van der Waals surface area contributed by atoms with Gasteiger partial charge < -0.3 is 9.47 Å². The minimum Gasteiger partial charge on any atom is -0.428 e. The lowest BCUT2D eigenvalue weighted by molar-refractivity contribution is 0.0206. The van der Waals surface area contributed by atoms with Gasteiger partial charge in [-0.15, -0.1) is 0 Å². The Balaban J connectivity index is 2.12. The van der Waals surface area contributed by atoms with Crippen LogP contribution in [0.1, 0.15) is 45.7 Å². The van der Waals surface area contributed by atoms with Crippen molar-refractivity contribution in [3.8, 4) is 5.75 Å². The predicted molar refractivity (Wildman–Crippen MR) is 91.9 cm³/mol. The molecular formula is C20H24O3. The first-order valence-corrected chi connectivity index (χ1v) is 7.75. The Morgan fingerprint density at radius 3 is 1.83 bits per heavy atom. The number of hydrogen-bond donors (Lipinski definition) is 0. The van der Waals surface area contributed by atoms with E-state index in [1.165, 1.54) is 5.56 Å². The first kappa shape index (κ1) is 17.1. The zero-order chi connectivity index (χ0) is 17.1. The third-order valence-corrected chi connectivity index (χ3v) is 3.66. The smallest absolute Gasteiger partial charge is 0.428 e. The molecule has 0 radical (unpaired) electrons. The first-order chi connectivity index (χ1) is 10.7. The lowest BCUT2D eigenvalue weighted by Gasteiger charge is -2.26. The average Bonchev–Trinajstić information content (AvgIpc) is 2.46. The van der Waals surface area contributed by atoms with Crippen LogP contribution in [-0.4, -0.2) is 11.8 Å². The van der Waals surface area contributed by atoms with Crippen LogP contribution in [0, 0.1) is 0 Å². The van der Waals surface area contributed by atoms with Crippen LogP contribution >= 0.6 is 0 Å². The van der Waals surface area contributed by atoms with Crippen molar-refractivity contribution in [3.63, 3.8) is 0 Å². The molecule has 0 spiro atoms. The van der Waals surface area contributed by atoms with Gasteiger partial charge in [0.25, 0.3) is 0 Å². The van der Waals surface area contributed by atoms with Gasteiger partial charge in [0.1, 0.15) is 11.4 Å². The van der Waals surface area contributed by atoms with Gasteiger partial charge >= 0.3 is 6.16 Å². The molecule has 2 aromatic rings. The van der Waals surface area contributed by atoms with E-state index in [1.807, 2.05) is 30.3 Å². The number of carbonyl (C=O) groups excluding carboxylic acids is 1. The summed E-state index contributed by atoms with van der Waals surface area (Å²) in [5, 5.41) is 0. The van der Waals surface area contributed by atoms with Crippen LogP contribution in [0.2, 0.25) is 0 Å². The molecule has 0 aromatic heterocycles. The van der Waals surface area contributed by atoms with E-state index in [9.17, 15) is 4.79 Å². The van der Waals surface area contributed by atoms with Gasteiger partial charge in [-0.05, 0) is 44.0 Å². The van der Waals surface area contributed by atoms with Crippen molar-refractivity contribution in [3.05, 3.63) is 65.7 Å². The third-order valence-electron chi connectivity index (χ3n) is 3.66. The van der Waals surface area contributed by atoms with Crippen LogP contribution in [0.4, 0.5) is 4.79 Å². The molecule has 0 aliphatic heterocycles. The second-order valence-corrected chi connectivity index (χ2v) is 7.08. The fourth-order valence-corrected chi connectivity index (χ4v) is 2.33. The molecule has 0 atom stereocenters. The van der Waals surface area contributed by atoms with Crippen molar-refractivity contribution in [2.24, 2.45) is 0 Å². The Hall–Kier alpha value is -2.29. The standard InChI is InChI=1S/C20H24O3/c1-19(2,3)23-18(21)22-17-13-11-16(12-14-17)20(4,5)15-9-7-6-8-10-15/h6-14H,1-5H3. The molecule has 122 valence electrons. The van der Waals surface area contributed by atoms with Gasteiger partial charge in [-0.25, -0.2) is 4.79 Å². The SMILES string of the molecule is CC(C)(C)OC(=O)Oc1ccc(C(C)(C)c2ccccc2)cc1. The molecule has 0 bridgehead atoms. The monoisotopic (exact) mass is 312 g/mol. The second kappa shape index (κ2) is 6.45. The highest BCUT2D eigenvalue weighted by Gasteiger charge is 2.23. The zero-order valence-corrected chi connectivity index (χ0v) is 14.4. The van der Waals surface area contributed by atoms with Gasteiger partial charge in [0.2, 0.25) is 0 Å². The molecule has 3 nitrogen and oxygen atoms in total. The minimum atomic E-state index is -0.687. The number of benzene rings is 2. The second-order valence-electron chi connectivity index (χ2n) is 7.08. The maximum absolute atomic E-state index is 11.7. The largest absolute Gasteiger partial charge is 0.514 e. The van der Waals surface area contributed by atoms with E-state index in [0.29, 0.717) is 5.75 Å². The minimum absolute atomic E-state index is 0.119. The first-order valence-electron chi connectivity index (χ1n) is 7.75. The maximum Gasteiger partial charge on any atom is 0.514 e.